The predicted molar refractivity (Wildman–Crippen MR) is 135 cm³/mol. The molecule has 2 aromatic heterocycles. The Hall–Kier alpha value is -3.77. The van der Waals surface area contributed by atoms with Gasteiger partial charge in [0.2, 0.25) is 11.7 Å². The lowest BCUT2D eigenvalue weighted by atomic mass is 10.2. The van der Waals surface area contributed by atoms with Crippen LogP contribution in [0.15, 0.2) is 58.1 Å². The highest BCUT2D eigenvalue weighted by molar-refractivity contribution is 7.99. The summed E-state index contributed by atoms with van der Waals surface area (Å²) in [6.45, 7) is 7.33. The molecule has 8 nitrogen and oxygen atoms in total. The average Bonchev–Trinajstić information content (AvgIpc) is 3.41. The molecule has 2 aromatic carbocycles. The first-order valence-corrected chi connectivity index (χ1v) is 12.4. The molecule has 0 saturated carbocycles. The minimum Gasteiger partial charge on any atom is -0.486 e. The largest absolute Gasteiger partial charge is 0.486 e. The molecule has 0 unspecified atom stereocenters. The zero-order valence-corrected chi connectivity index (χ0v) is 20.8. The number of carbonyl (C=O) groups excluding carboxylic acids is 1. The number of ether oxygens (including phenoxy) is 1. The third-order valence-corrected chi connectivity index (χ3v) is 6.30. The third-order valence-electron chi connectivity index (χ3n) is 5.33. The number of benzene rings is 2. The Bertz CT molecular complexity index is 1350. The summed E-state index contributed by atoms with van der Waals surface area (Å²) >= 11 is 1.29. The highest BCUT2D eigenvalue weighted by Crippen LogP contribution is 2.30. The van der Waals surface area contributed by atoms with Gasteiger partial charge in [-0.1, -0.05) is 56.8 Å². The van der Waals surface area contributed by atoms with Crippen LogP contribution in [0.2, 0.25) is 0 Å². The number of hydrogen-bond acceptors (Lipinski definition) is 7. The van der Waals surface area contributed by atoms with Gasteiger partial charge in [0.15, 0.2) is 11.0 Å². The number of anilines is 1. The maximum Gasteiger partial charge on any atom is 0.234 e. The van der Waals surface area contributed by atoms with Crippen molar-refractivity contribution < 1.29 is 13.9 Å². The summed E-state index contributed by atoms with van der Waals surface area (Å²) in [6, 6.07) is 17.2. The number of nitrogens with zero attached hydrogens (tertiary/aromatic N) is 4. The quantitative estimate of drug-likeness (QED) is 0.296. The molecule has 0 aliphatic rings. The van der Waals surface area contributed by atoms with Crippen molar-refractivity contribution >= 4 is 34.3 Å². The first kappa shape index (κ1) is 24.4. The molecule has 4 rings (SSSR count). The summed E-state index contributed by atoms with van der Waals surface area (Å²) < 4.78 is 13.5. The fourth-order valence-electron chi connectivity index (χ4n) is 3.60. The van der Waals surface area contributed by atoms with Crippen molar-refractivity contribution in [1.29, 1.82) is 5.26 Å². The van der Waals surface area contributed by atoms with E-state index in [0.29, 0.717) is 40.1 Å². The topological polar surface area (TPSA) is 106 Å². The molecule has 0 aliphatic heterocycles. The number of amides is 1. The van der Waals surface area contributed by atoms with Gasteiger partial charge in [-0.05, 0) is 42.2 Å². The van der Waals surface area contributed by atoms with Crippen molar-refractivity contribution in [1.82, 2.24) is 14.8 Å². The van der Waals surface area contributed by atoms with Gasteiger partial charge in [0, 0.05) is 11.9 Å². The van der Waals surface area contributed by atoms with Crippen LogP contribution in [0.1, 0.15) is 37.9 Å². The van der Waals surface area contributed by atoms with E-state index in [1.54, 1.807) is 6.07 Å². The van der Waals surface area contributed by atoms with Crippen LogP contribution >= 0.6 is 11.8 Å². The van der Waals surface area contributed by atoms with Gasteiger partial charge in [-0.2, -0.15) is 5.26 Å². The normalized spacial score (nSPS) is 11.1. The lowest BCUT2D eigenvalue weighted by Crippen LogP contribution is -2.16. The van der Waals surface area contributed by atoms with E-state index in [1.807, 2.05) is 41.0 Å². The third kappa shape index (κ3) is 5.84. The fraction of sp³-hybridized carbons (Fsp3) is 0.308. The second kappa shape index (κ2) is 11.1. The van der Waals surface area contributed by atoms with Gasteiger partial charge in [0.25, 0.3) is 0 Å². The van der Waals surface area contributed by atoms with Crippen molar-refractivity contribution in [3.8, 4) is 11.8 Å². The van der Waals surface area contributed by atoms with Gasteiger partial charge in [0.1, 0.15) is 29.7 Å². The van der Waals surface area contributed by atoms with E-state index in [4.69, 9.17) is 9.15 Å². The summed E-state index contributed by atoms with van der Waals surface area (Å²) in [5.74, 6) is 1.77. The molecule has 180 valence electrons. The molecule has 4 aromatic rings. The van der Waals surface area contributed by atoms with Gasteiger partial charge in [-0.3, -0.25) is 4.79 Å². The molecule has 9 heteroatoms. The number of fused-ring (bicyclic) bond motifs is 1. The van der Waals surface area contributed by atoms with E-state index in [1.165, 1.54) is 17.3 Å². The van der Waals surface area contributed by atoms with E-state index in [2.05, 4.69) is 48.4 Å². The number of para-hydroxylation sites is 1. The van der Waals surface area contributed by atoms with Gasteiger partial charge in [0.05, 0.1) is 5.75 Å². The highest BCUT2D eigenvalue weighted by atomic mass is 32.2. The van der Waals surface area contributed by atoms with Gasteiger partial charge < -0.3 is 19.0 Å². The van der Waals surface area contributed by atoms with E-state index >= 15 is 0 Å². The Morgan fingerprint density at radius 2 is 1.97 bits per heavy atom. The second-order valence-electron chi connectivity index (χ2n) is 8.44. The number of thioether (sulfide) groups is 1. The minimum absolute atomic E-state index is 0.0823. The number of aromatic nitrogens is 3. The number of rotatable bonds is 10. The number of hydrogen-bond donors (Lipinski definition) is 1. The van der Waals surface area contributed by atoms with Crippen LogP contribution in [0, 0.1) is 17.2 Å². The molecular formula is C26H27N5O3S. The number of carbonyl (C=O) groups is 1. The maximum atomic E-state index is 12.7. The number of nitrogens with one attached hydrogen (secondary N) is 1. The molecule has 1 amide bonds. The molecule has 0 radical (unpaired) electrons. The van der Waals surface area contributed by atoms with Gasteiger partial charge in [-0.15, -0.1) is 10.2 Å². The molecule has 1 N–H and O–H groups in total. The number of furan rings is 1. The Morgan fingerprint density at radius 1 is 1.20 bits per heavy atom. The van der Waals surface area contributed by atoms with Crippen LogP contribution in [0.25, 0.3) is 11.0 Å². The van der Waals surface area contributed by atoms with Crippen molar-refractivity contribution in [2.24, 2.45) is 5.92 Å². The first-order valence-electron chi connectivity index (χ1n) is 11.5. The molecule has 0 fully saturated rings. The van der Waals surface area contributed by atoms with Crippen LogP contribution < -0.4 is 10.1 Å². The van der Waals surface area contributed by atoms with E-state index in [-0.39, 0.29) is 24.0 Å². The zero-order valence-electron chi connectivity index (χ0n) is 19.9. The number of nitriles is 1. The fourth-order valence-corrected chi connectivity index (χ4v) is 4.37. The first-order chi connectivity index (χ1) is 17.0. The summed E-state index contributed by atoms with van der Waals surface area (Å²) in [6.07, 6.45) is 0.978. The Labute approximate surface area is 208 Å². The van der Waals surface area contributed by atoms with E-state index in [0.717, 1.165) is 12.2 Å². The molecule has 0 atom stereocenters. The van der Waals surface area contributed by atoms with Crippen LogP contribution in [0.5, 0.6) is 5.75 Å². The maximum absolute atomic E-state index is 12.7. The monoisotopic (exact) mass is 489 g/mol. The SMILES string of the molecule is CCc1ccc(OCc2nnc(SCC(=O)Nc3c(C#N)oc4ccccc34)n2CC(C)C)cc1. The molecule has 0 bridgehead atoms. The summed E-state index contributed by atoms with van der Waals surface area (Å²) in [5.41, 5.74) is 2.20. The van der Waals surface area contributed by atoms with Crippen molar-refractivity contribution in [3.05, 3.63) is 65.7 Å². The van der Waals surface area contributed by atoms with Gasteiger partial charge >= 0.3 is 0 Å². The lowest BCUT2D eigenvalue weighted by Gasteiger charge is -2.13. The lowest BCUT2D eigenvalue weighted by molar-refractivity contribution is -0.113. The summed E-state index contributed by atoms with van der Waals surface area (Å²) in [4.78, 5) is 12.7. The highest BCUT2D eigenvalue weighted by Gasteiger charge is 2.19. The molecular weight excluding hydrogens is 462 g/mol. The minimum atomic E-state index is -0.258. The molecule has 2 heterocycles. The van der Waals surface area contributed by atoms with Crippen LogP contribution in [0.3, 0.4) is 0 Å². The summed E-state index contributed by atoms with van der Waals surface area (Å²) in [5, 5.41) is 22.2. The standard InChI is InChI=1S/C26H27N5O3S/c1-4-18-9-11-19(12-10-18)33-15-23-29-30-26(31(23)14-17(2)3)35-16-24(32)28-25-20-7-5-6-8-21(20)34-22(25)13-27/h5-12,17H,4,14-16H2,1-3H3,(H,28,32). The molecule has 0 spiro atoms. The zero-order chi connectivity index (χ0) is 24.8. The van der Waals surface area contributed by atoms with Crippen molar-refractivity contribution in [2.45, 2.75) is 45.5 Å². The van der Waals surface area contributed by atoms with E-state index in [9.17, 15) is 10.1 Å². The Kier molecular flexibility index (Phi) is 7.73. The number of aryl methyl sites for hydroxylation is 1. The van der Waals surface area contributed by atoms with Gasteiger partial charge in [-0.25, -0.2) is 0 Å². The average molecular weight is 490 g/mol. The van der Waals surface area contributed by atoms with Crippen LogP contribution in [0.4, 0.5) is 5.69 Å². The smallest absolute Gasteiger partial charge is 0.234 e. The Balaban J connectivity index is 1.43. The molecule has 0 aliphatic carbocycles. The Morgan fingerprint density at radius 3 is 2.69 bits per heavy atom. The summed E-state index contributed by atoms with van der Waals surface area (Å²) in [7, 11) is 0. The second-order valence-corrected chi connectivity index (χ2v) is 9.38. The predicted octanol–water partition coefficient (Wildman–Crippen LogP) is 5.42. The van der Waals surface area contributed by atoms with E-state index < -0.39 is 0 Å². The van der Waals surface area contributed by atoms with Crippen LogP contribution in [-0.2, 0) is 24.4 Å². The van der Waals surface area contributed by atoms with Crippen molar-refractivity contribution in [3.63, 3.8) is 0 Å². The van der Waals surface area contributed by atoms with Crippen molar-refractivity contribution in [2.75, 3.05) is 11.1 Å². The van der Waals surface area contributed by atoms with Crippen LogP contribution in [-0.4, -0.2) is 26.4 Å². The molecule has 35 heavy (non-hydrogen) atoms. The molecule has 0 saturated heterocycles.